The molecular weight excluding hydrogens is 246 g/mol. The van der Waals surface area contributed by atoms with E-state index in [1.54, 1.807) is 24.3 Å². The zero-order valence-electron chi connectivity index (χ0n) is 10.9. The largest absolute Gasteiger partial charge is 0.422 e. The van der Waals surface area contributed by atoms with Gasteiger partial charge in [0.1, 0.15) is 0 Å². The lowest BCUT2D eigenvalue weighted by Crippen LogP contribution is -2.26. The maximum atomic E-state index is 11.7. The van der Waals surface area contributed by atoms with Gasteiger partial charge in [0, 0.05) is 6.61 Å². The van der Waals surface area contributed by atoms with E-state index in [0.29, 0.717) is 30.7 Å². The molecule has 1 heterocycles. The lowest BCUT2D eigenvalue weighted by atomic mass is 10.2. The van der Waals surface area contributed by atoms with Gasteiger partial charge in [-0.25, -0.2) is 9.59 Å². The van der Waals surface area contributed by atoms with E-state index in [4.69, 9.17) is 9.15 Å². The van der Waals surface area contributed by atoms with Crippen LogP contribution in [-0.2, 0) is 11.3 Å². The molecule has 2 aromatic rings. The van der Waals surface area contributed by atoms with Crippen LogP contribution in [0.5, 0.6) is 0 Å². The summed E-state index contributed by atoms with van der Waals surface area (Å²) >= 11 is 0. The van der Waals surface area contributed by atoms with Crippen molar-refractivity contribution in [1.29, 1.82) is 0 Å². The van der Waals surface area contributed by atoms with Crippen molar-refractivity contribution in [3.05, 3.63) is 45.2 Å². The highest BCUT2D eigenvalue weighted by Crippen LogP contribution is 2.06. The maximum Gasteiger partial charge on any atom is 0.422 e. The molecule has 5 nitrogen and oxygen atoms in total. The molecular formula is C14H17NO4. The van der Waals surface area contributed by atoms with Crippen molar-refractivity contribution in [3.63, 3.8) is 0 Å². The number of para-hydroxylation sites is 1. The van der Waals surface area contributed by atoms with Crippen molar-refractivity contribution >= 4 is 10.9 Å². The fraction of sp³-hybridized carbons (Fsp3) is 0.429. The molecule has 5 heteroatoms. The third-order valence-corrected chi connectivity index (χ3v) is 2.92. The van der Waals surface area contributed by atoms with E-state index in [2.05, 4.69) is 6.92 Å². The van der Waals surface area contributed by atoms with Gasteiger partial charge in [-0.05, 0) is 18.6 Å². The maximum absolute atomic E-state index is 11.7. The summed E-state index contributed by atoms with van der Waals surface area (Å²) in [6, 6.07) is 6.91. The van der Waals surface area contributed by atoms with Gasteiger partial charge in [-0.3, -0.25) is 4.57 Å². The lowest BCUT2D eigenvalue weighted by molar-refractivity contribution is 0.121. The normalized spacial score (nSPS) is 11.0. The Kier molecular flexibility index (Phi) is 4.52. The molecule has 0 spiro atoms. The van der Waals surface area contributed by atoms with E-state index in [9.17, 15) is 9.59 Å². The topological polar surface area (TPSA) is 61.4 Å². The SMILES string of the molecule is CCCCOCCn1c(=O)oc(=O)c2ccccc21. The smallest absolute Gasteiger partial charge is 0.380 e. The molecule has 1 aromatic heterocycles. The van der Waals surface area contributed by atoms with Crippen LogP contribution in [0.4, 0.5) is 0 Å². The second-order valence-electron chi connectivity index (χ2n) is 4.29. The number of hydrogen-bond donors (Lipinski definition) is 0. The number of rotatable bonds is 6. The molecule has 0 N–H and O–H groups in total. The van der Waals surface area contributed by atoms with Crippen molar-refractivity contribution in [2.45, 2.75) is 26.3 Å². The van der Waals surface area contributed by atoms with Crippen molar-refractivity contribution in [2.24, 2.45) is 0 Å². The van der Waals surface area contributed by atoms with Gasteiger partial charge in [0.25, 0.3) is 0 Å². The van der Waals surface area contributed by atoms with E-state index in [1.807, 2.05) is 0 Å². The van der Waals surface area contributed by atoms with Crippen molar-refractivity contribution in [1.82, 2.24) is 4.57 Å². The van der Waals surface area contributed by atoms with Crippen LogP contribution in [0.25, 0.3) is 10.9 Å². The summed E-state index contributed by atoms with van der Waals surface area (Å²) in [6.07, 6.45) is 2.07. The average molecular weight is 263 g/mol. The second kappa shape index (κ2) is 6.33. The van der Waals surface area contributed by atoms with E-state index in [1.165, 1.54) is 4.57 Å². The Bertz CT molecular complexity index is 656. The molecule has 0 radical (unpaired) electrons. The van der Waals surface area contributed by atoms with Gasteiger partial charge in [-0.15, -0.1) is 0 Å². The van der Waals surface area contributed by atoms with Crippen LogP contribution in [-0.4, -0.2) is 17.8 Å². The molecule has 0 aliphatic heterocycles. The van der Waals surface area contributed by atoms with Gasteiger partial charge in [-0.2, -0.15) is 0 Å². The van der Waals surface area contributed by atoms with Gasteiger partial charge in [-0.1, -0.05) is 25.5 Å². The third-order valence-electron chi connectivity index (χ3n) is 2.92. The summed E-state index contributed by atoms with van der Waals surface area (Å²) in [6.45, 7) is 3.58. The molecule has 102 valence electrons. The van der Waals surface area contributed by atoms with E-state index in [-0.39, 0.29) is 0 Å². The van der Waals surface area contributed by atoms with Crippen LogP contribution in [0.1, 0.15) is 19.8 Å². The third kappa shape index (κ3) is 3.12. The highest BCUT2D eigenvalue weighted by Gasteiger charge is 2.08. The van der Waals surface area contributed by atoms with Gasteiger partial charge >= 0.3 is 11.4 Å². The molecule has 19 heavy (non-hydrogen) atoms. The van der Waals surface area contributed by atoms with Crippen LogP contribution >= 0.6 is 0 Å². The highest BCUT2D eigenvalue weighted by atomic mass is 16.5. The predicted molar refractivity (Wildman–Crippen MR) is 72.5 cm³/mol. The van der Waals surface area contributed by atoms with Crippen LogP contribution in [0.15, 0.2) is 38.3 Å². The van der Waals surface area contributed by atoms with Crippen LogP contribution in [0, 0.1) is 0 Å². The lowest BCUT2D eigenvalue weighted by Gasteiger charge is -2.08. The van der Waals surface area contributed by atoms with Crippen molar-refractivity contribution < 1.29 is 9.15 Å². The van der Waals surface area contributed by atoms with E-state index >= 15 is 0 Å². The average Bonchev–Trinajstić information content (AvgIpc) is 2.42. The first-order valence-corrected chi connectivity index (χ1v) is 6.44. The van der Waals surface area contributed by atoms with Gasteiger partial charge < -0.3 is 9.15 Å². The minimum Gasteiger partial charge on any atom is -0.380 e. The fourth-order valence-corrected chi connectivity index (χ4v) is 1.89. The number of nitrogens with zero attached hydrogens (tertiary/aromatic N) is 1. The summed E-state index contributed by atoms with van der Waals surface area (Å²) in [7, 11) is 0. The first-order valence-electron chi connectivity index (χ1n) is 6.44. The van der Waals surface area contributed by atoms with Crippen LogP contribution in [0.2, 0.25) is 0 Å². The number of benzene rings is 1. The number of fused-ring (bicyclic) bond motifs is 1. The molecule has 2 rings (SSSR count). The van der Waals surface area contributed by atoms with Crippen LogP contribution in [0.3, 0.4) is 0 Å². The monoisotopic (exact) mass is 263 g/mol. The summed E-state index contributed by atoms with van der Waals surface area (Å²) in [5.41, 5.74) is -0.00778. The zero-order chi connectivity index (χ0) is 13.7. The molecule has 0 bridgehead atoms. The van der Waals surface area contributed by atoms with Crippen LogP contribution < -0.4 is 11.4 Å². The number of aromatic nitrogens is 1. The molecule has 0 aliphatic carbocycles. The zero-order valence-corrected chi connectivity index (χ0v) is 10.9. The Hall–Kier alpha value is -1.88. The van der Waals surface area contributed by atoms with Crippen molar-refractivity contribution in [2.75, 3.05) is 13.2 Å². The molecule has 0 unspecified atom stereocenters. The number of hydrogen-bond acceptors (Lipinski definition) is 4. The minimum atomic E-state index is -0.636. The Morgan fingerprint density at radius 3 is 2.79 bits per heavy atom. The molecule has 0 amide bonds. The van der Waals surface area contributed by atoms with Crippen molar-refractivity contribution in [3.8, 4) is 0 Å². The quantitative estimate of drug-likeness (QED) is 0.745. The first kappa shape index (κ1) is 13.5. The highest BCUT2D eigenvalue weighted by molar-refractivity contribution is 5.77. The van der Waals surface area contributed by atoms with Gasteiger partial charge in [0.2, 0.25) is 0 Å². The first-order chi connectivity index (χ1) is 9.24. The Labute approximate surface area is 110 Å². The number of unbranched alkanes of at least 4 members (excludes halogenated alkanes) is 1. The van der Waals surface area contributed by atoms with E-state index in [0.717, 1.165) is 12.8 Å². The van der Waals surface area contributed by atoms with Gasteiger partial charge in [0.15, 0.2) is 0 Å². The van der Waals surface area contributed by atoms with Gasteiger partial charge in [0.05, 0.1) is 24.1 Å². The number of ether oxygens (including phenoxy) is 1. The second-order valence-corrected chi connectivity index (χ2v) is 4.29. The Morgan fingerprint density at radius 2 is 2.00 bits per heavy atom. The molecule has 0 atom stereocenters. The summed E-state index contributed by atoms with van der Waals surface area (Å²) in [5.74, 6) is -0.636. The minimum absolute atomic E-state index is 0.382. The molecule has 0 fully saturated rings. The van der Waals surface area contributed by atoms with E-state index < -0.39 is 11.4 Å². The predicted octanol–water partition coefficient (Wildman–Crippen LogP) is 1.77. The Morgan fingerprint density at radius 1 is 1.21 bits per heavy atom. The molecule has 0 saturated heterocycles. The molecule has 0 aliphatic rings. The molecule has 0 saturated carbocycles. The fourth-order valence-electron chi connectivity index (χ4n) is 1.89. The summed E-state index contributed by atoms with van der Waals surface area (Å²) < 4.78 is 11.6. The summed E-state index contributed by atoms with van der Waals surface area (Å²) in [5, 5.41) is 0.413. The Balaban J connectivity index is 2.23. The standard InChI is InChI=1S/C14H17NO4/c1-2-3-9-18-10-8-15-12-7-5-4-6-11(12)13(16)19-14(15)17/h4-7H,2-3,8-10H2,1H3. The molecule has 1 aromatic carbocycles. The summed E-state index contributed by atoms with van der Waals surface area (Å²) in [4.78, 5) is 23.3.